The van der Waals surface area contributed by atoms with Crippen molar-refractivity contribution in [3.8, 4) is 17.6 Å². The molecule has 2 nitrogen and oxygen atoms in total. The van der Waals surface area contributed by atoms with Gasteiger partial charge < -0.3 is 10.2 Å². The number of aromatic hydroxyl groups is 1. The highest BCUT2D eigenvalue weighted by atomic mass is 19.2. The molecular weight excluding hydrogens is 178 g/mol. The molecule has 2 N–H and O–H groups in total. The molecule has 0 aromatic heterocycles. The van der Waals surface area contributed by atoms with E-state index in [0.29, 0.717) is 0 Å². The second-order valence-corrected chi connectivity index (χ2v) is 2.25. The molecule has 1 aromatic carbocycles. The second-order valence-electron chi connectivity index (χ2n) is 2.25. The van der Waals surface area contributed by atoms with E-state index >= 15 is 0 Å². The number of phenols is 1. The first-order valence-electron chi connectivity index (χ1n) is 3.43. The normalized spacial score (nSPS) is 9.15. The zero-order valence-electron chi connectivity index (χ0n) is 6.51. The van der Waals surface area contributed by atoms with Gasteiger partial charge in [-0.1, -0.05) is 11.8 Å². The molecule has 0 saturated heterocycles. The number of phenolic OH excluding ortho intramolecular Hbond substituents is 1. The van der Waals surface area contributed by atoms with E-state index in [-0.39, 0.29) is 12.2 Å². The van der Waals surface area contributed by atoms with E-state index in [2.05, 4.69) is 11.8 Å². The third kappa shape index (κ3) is 2.17. The Morgan fingerprint density at radius 2 is 2.00 bits per heavy atom. The Bertz CT molecular complexity index is 354. The Kier molecular flexibility index (Phi) is 2.83. The fraction of sp³-hybridized carbons (Fsp3) is 0.111. The van der Waals surface area contributed by atoms with Gasteiger partial charge in [-0.25, -0.2) is 4.39 Å². The summed E-state index contributed by atoms with van der Waals surface area (Å²) in [6.07, 6.45) is 0. The maximum Gasteiger partial charge on any atom is 0.200 e. The minimum Gasteiger partial charge on any atom is -0.505 e. The first-order valence-corrected chi connectivity index (χ1v) is 3.43. The first kappa shape index (κ1) is 9.49. The van der Waals surface area contributed by atoms with Crippen LogP contribution < -0.4 is 0 Å². The van der Waals surface area contributed by atoms with Crippen LogP contribution in [0.2, 0.25) is 0 Å². The van der Waals surface area contributed by atoms with E-state index in [1.807, 2.05) is 0 Å². The van der Waals surface area contributed by atoms with Crippen LogP contribution in [0.1, 0.15) is 5.56 Å². The molecule has 0 aliphatic heterocycles. The van der Waals surface area contributed by atoms with Crippen molar-refractivity contribution in [1.29, 1.82) is 0 Å². The van der Waals surface area contributed by atoms with Crippen molar-refractivity contribution in [3.05, 3.63) is 29.3 Å². The van der Waals surface area contributed by atoms with Gasteiger partial charge in [0, 0.05) is 5.56 Å². The molecule has 0 radical (unpaired) electrons. The number of aliphatic hydroxyl groups is 1. The highest BCUT2D eigenvalue weighted by Gasteiger charge is 2.07. The maximum absolute atomic E-state index is 12.6. The van der Waals surface area contributed by atoms with Crippen LogP contribution in [0.25, 0.3) is 0 Å². The molecule has 0 atom stereocenters. The Morgan fingerprint density at radius 3 is 2.54 bits per heavy atom. The topological polar surface area (TPSA) is 40.5 Å². The molecule has 0 aliphatic rings. The minimum atomic E-state index is -1.30. The van der Waals surface area contributed by atoms with E-state index in [1.165, 1.54) is 0 Å². The predicted molar refractivity (Wildman–Crippen MR) is 42.0 cm³/mol. The third-order valence-corrected chi connectivity index (χ3v) is 1.32. The van der Waals surface area contributed by atoms with Gasteiger partial charge in [0.15, 0.2) is 17.4 Å². The molecule has 68 valence electrons. The first-order chi connectivity index (χ1) is 6.15. The van der Waals surface area contributed by atoms with Gasteiger partial charge >= 0.3 is 0 Å². The smallest absolute Gasteiger partial charge is 0.200 e. The van der Waals surface area contributed by atoms with Gasteiger partial charge in [0.2, 0.25) is 0 Å². The number of halogens is 2. The van der Waals surface area contributed by atoms with Gasteiger partial charge in [0.05, 0.1) is 0 Å². The van der Waals surface area contributed by atoms with Crippen LogP contribution >= 0.6 is 0 Å². The lowest BCUT2D eigenvalue weighted by Crippen LogP contribution is -1.87. The summed E-state index contributed by atoms with van der Waals surface area (Å²) >= 11 is 0. The largest absolute Gasteiger partial charge is 0.505 e. The van der Waals surface area contributed by atoms with Crippen LogP contribution in [0.15, 0.2) is 12.1 Å². The third-order valence-electron chi connectivity index (χ3n) is 1.32. The van der Waals surface area contributed by atoms with Crippen molar-refractivity contribution in [1.82, 2.24) is 0 Å². The molecule has 0 saturated carbocycles. The summed E-state index contributed by atoms with van der Waals surface area (Å²) in [5, 5.41) is 17.2. The monoisotopic (exact) mass is 184 g/mol. The zero-order valence-corrected chi connectivity index (χ0v) is 6.51. The van der Waals surface area contributed by atoms with Gasteiger partial charge in [-0.2, -0.15) is 4.39 Å². The summed E-state index contributed by atoms with van der Waals surface area (Å²) in [6.45, 7) is -0.375. The standard InChI is InChI=1S/C9H6F2O2/c10-7-4-6(2-1-3-12)5-8(13)9(7)11/h4-5,12-13H,3H2. The molecule has 1 aromatic rings. The summed E-state index contributed by atoms with van der Waals surface area (Å²) < 4.78 is 25.1. The fourth-order valence-electron chi connectivity index (χ4n) is 0.788. The van der Waals surface area contributed by atoms with Crippen molar-refractivity contribution < 1.29 is 19.0 Å². The zero-order chi connectivity index (χ0) is 9.84. The molecule has 0 bridgehead atoms. The van der Waals surface area contributed by atoms with Gasteiger partial charge in [-0.3, -0.25) is 0 Å². The van der Waals surface area contributed by atoms with Crippen molar-refractivity contribution >= 4 is 0 Å². The average Bonchev–Trinajstić information content (AvgIpc) is 2.10. The van der Waals surface area contributed by atoms with Crippen molar-refractivity contribution in [2.45, 2.75) is 0 Å². The molecule has 0 heterocycles. The van der Waals surface area contributed by atoms with Crippen LogP contribution in [0.5, 0.6) is 5.75 Å². The van der Waals surface area contributed by atoms with Crippen LogP contribution in [-0.4, -0.2) is 16.8 Å². The van der Waals surface area contributed by atoms with Crippen LogP contribution in [0.3, 0.4) is 0 Å². The summed E-state index contributed by atoms with van der Waals surface area (Å²) in [6, 6.07) is 1.83. The summed E-state index contributed by atoms with van der Waals surface area (Å²) in [4.78, 5) is 0. The van der Waals surface area contributed by atoms with E-state index in [1.54, 1.807) is 0 Å². The van der Waals surface area contributed by atoms with Crippen molar-refractivity contribution in [2.24, 2.45) is 0 Å². The molecule has 1 rings (SSSR count). The lowest BCUT2D eigenvalue weighted by molar-refractivity contribution is 0.350. The molecule has 0 aliphatic carbocycles. The van der Waals surface area contributed by atoms with E-state index in [4.69, 9.17) is 10.2 Å². The second kappa shape index (κ2) is 3.87. The average molecular weight is 184 g/mol. The van der Waals surface area contributed by atoms with Crippen molar-refractivity contribution in [2.75, 3.05) is 6.61 Å². The van der Waals surface area contributed by atoms with Gasteiger partial charge in [-0.15, -0.1) is 0 Å². The minimum absolute atomic E-state index is 0.116. The number of benzene rings is 1. The molecule has 4 heteroatoms. The Labute approximate surface area is 73.4 Å². The van der Waals surface area contributed by atoms with E-state index in [9.17, 15) is 8.78 Å². The molecule has 13 heavy (non-hydrogen) atoms. The Morgan fingerprint density at radius 1 is 1.31 bits per heavy atom. The molecule has 0 fully saturated rings. The van der Waals surface area contributed by atoms with Crippen LogP contribution in [-0.2, 0) is 0 Å². The van der Waals surface area contributed by atoms with Gasteiger partial charge in [0.25, 0.3) is 0 Å². The number of rotatable bonds is 0. The van der Waals surface area contributed by atoms with Gasteiger partial charge in [-0.05, 0) is 12.1 Å². The SMILES string of the molecule is OCC#Cc1cc(O)c(F)c(F)c1. The highest BCUT2D eigenvalue weighted by Crippen LogP contribution is 2.19. The van der Waals surface area contributed by atoms with Crippen LogP contribution in [0, 0.1) is 23.5 Å². The molecule has 0 amide bonds. The molecule has 0 spiro atoms. The van der Waals surface area contributed by atoms with E-state index < -0.39 is 17.4 Å². The van der Waals surface area contributed by atoms with Gasteiger partial charge in [0.1, 0.15) is 6.61 Å². The lowest BCUT2D eigenvalue weighted by Gasteiger charge is -1.97. The van der Waals surface area contributed by atoms with Crippen LogP contribution in [0.4, 0.5) is 8.78 Å². The predicted octanol–water partition coefficient (Wildman–Crippen LogP) is 1.01. The quantitative estimate of drug-likeness (QED) is 0.591. The Hall–Kier alpha value is -1.60. The fourth-order valence-corrected chi connectivity index (χ4v) is 0.788. The molecular formula is C9H6F2O2. The summed E-state index contributed by atoms with van der Waals surface area (Å²) in [7, 11) is 0. The number of hydrogen-bond acceptors (Lipinski definition) is 2. The summed E-state index contributed by atoms with van der Waals surface area (Å²) in [5.74, 6) is 1.33. The Balaban J connectivity index is 3.13. The van der Waals surface area contributed by atoms with E-state index in [0.717, 1.165) is 12.1 Å². The number of aliphatic hydroxyl groups excluding tert-OH is 1. The molecule has 0 unspecified atom stereocenters. The maximum atomic E-state index is 12.6. The number of hydrogen-bond donors (Lipinski definition) is 2. The lowest BCUT2D eigenvalue weighted by atomic mass is 10.2. The summed E-state index contributed by atoms with van der Waals surface area (Å²) in [5.41, 5.74) is 0.116. The highest BCUT2D eigenvalue weighted by molar-refractivity contribution is 5.40. The van der Waals surface area contributed by atoms with Crippen molar-refractivity contribution in [3.63, 3.8) is 0 Å².